The zero-order chi connectivity index (χ0) is 21.5. The van der Waals surface area contributed by atoms with Gasteiger partial charge in [0, 0.05) is 47.0 Å². The first kappa shape index (κ1) is 20.0. The van der Waals surface area contributed by atoms with Gasteiger partial charge in [0.2, 0.25) is 0 Å². The van der Waals surface area contributed by atoms with Crippen molar-refractivity contribution in [1.82, 2.24) is 20.7 Å². The highest BCUT2D eigenvalue weighted by Crippen LogP contribution is 2.19. The Hall–Kier alpha value is -4.26. The number of pyridine rings is 1. The minimum Gasteiger partial charge on any atom is -0.361 e. The van der Waals surface area contributed by atoms with Crippen molar-refractivity contribution in [3.63, 3.8) is 0 Å². The van der Waals surface area contributed by atoms with Gasteiger partial charge in [0.15, 0.2) is 0 Å². The van der Waals surface area contributed by atoms with E-state index in [1.165, 1.54) is 6.21 Å². The van der Waals surface area contributed by atoms with Gasteiger partial charge in [-0.1, -0.05) is 42.5 Å². The fraction of sp³-hybridized carbons (Fsp3) is 0.0833. The number of amides is 2. The molecule has 4 aromatic rings. The Bertz CT molecular complexity index is 1200. The maximum atomic E-state index is 12.9. The predicted octanol–water partition coefficient (Wildman–Crippen LogP) is 3.05. The number of carbonyl (C=O) groups excluding carboxylic acids is 2. The molecule has 2 aromatic carbocycles. The number of aromatic amines is 1. The highest BCUT2D eigenvalue weighted by molar-refractivity contribution is 5.98. The molecule has 0 aliphatic rings. The first-order chi connectivity index (χ1) is 15.2. The summed E-state index contributed by atoms with van der Waals surface area (Å²) >= 11 is 0. The number of benzene rings is 2. The molecule has 7 heteroatoms. The molecular formula is C24H21N5O2. The fourth-order valence-corrected chi connectivity index (χ4v) is 3.26. The highest BCUT2D eigenvalue weighted by Gasteiger charge is 2.23. The zero-order valence-electron chi connectivity index (χ0n) is 16.7. The van der Waals surface area contributed by atoms with Gasteiger partial charge < -0.3 is 10.3 Å². The smallest absolute Gasteiger partial charge is 0.262 e. The molecule has 1 unspecified atom stereocenters. The van der Waals surface area contributed by atoms with Crippen molar-refractivity contribution in [2.24, 2.45) is 5.10 Å². The second kappa shape index (κ2) is 9.49. The van der Waals surface area contributed by atoms with Crippen LogP contribution in [0.3, 0.4) is 0 Å². The van der Waals surface area contributed by atoms with E-state index in [9.17, 15) is 9.59 Å². The summed E-state index contributed by atoms with van der Waals surface area (Å²) < 4.78 is 0. The third-order valence-corrected chi connectivity index (χ3v) is 4.83. The van der Waals surface area contributed by atoms with Crippen LogP contribution in [0.1, 0.15) is 21.5 Å². The molecular weight excluding hydrogens is 390 g/mol. The van der Waals surface area contributed by atoms with E-state index >= 15 is 0 Å². The largest absolute Gasteiger partial charge is 0.361 e. The van der Waals surface area contributed by atoms with Crippen LogP contribution in [0.25, 0.3) is 10.9 Å². The van der Waals surface area contributed by atoms with Crippen molar-refractivity contribution in [3.05, 3.63) is 102 Å². The van der Waals surface area contributed by atoms with Gasteiger partial charge in [0.25, 0.3) is 11.8 Å². The number of H-pyrrole nitrogens is 1. The van der Waals surface area contributed by atoms with Gasteiger partial charge in [-0.25, -0.2) is 5.43 Å². The van der Waals surface area contributed by atoms with Crippen LogP contribution < -0.4 is 10.7 Å². The summed E-state index contributed by atoms with van der Waals surface area (Å²) in [5.41, 5.74) is 5.67. The van der Waals surface area contributed by atoms with Gasteiger partial charge in [0.1, 0.15) is 6.04 Å². The Morgan fingerprint density at radius 1 is 1.03 bits per heavy atom. The molecule has 3 N–H and O–H groups in total. The number of para-hydroxylation sites is 1. The molecule has 0 fully saturated rings. The molecule has 0 radical (unpaired) electrons. The van der Waals surface area contributed by atoms with Crippen LogP contribution in [0.15, 0.2) is 90.4 Å². The Morgan fingerprint density at radius 3 is 2.65 bits per heavy atom. The van der Waals surface area contributed by atoms with Gasteiger partial charge in [-0.3, -0.25) is 14.6 Å². The SMILES string of the molecule is O=C(NC(Cc1c[nH]c2ccccc12)C(=O)N/N=C/c1cccnc1)c1ccccc1. The van der Waals surface area contributed by atoms with Gasteiger partial charge >= 0.3 is 0 Å². The van der Waals surface area contributed by atoms with Crippen LogP contribution in [-0.2, 0) is 11.2 Å². The van der Waals surface area contributed by atoms with Gasteiger partial charge in [-0.2, -0.15) is 5.10 Å². The van der Waals surface area contributed by atoms with E-state index in [0.717, 1.165) is 22.0 Å². The second-order valence-electron chi connectivity index (χ2n) is 6.98. The lowest BCUT2D eigenvalue weighted by atomic mass is 10.0. The summed E-state index contributed by atoms with van der Waals surface area (Å²) in [6, 6.07) is 19.4. The molecule has 0 bridgehead atoms. The number of nitrogens with one attached hydrogen (secondary N) is 3. The lowest BCUT2D eigenvalue weighted by Gasteiger charge is -2.17. The Labute approximate surface area is 179 Å². The first-order valence-corrected chi connectivity index (χ1v) is 9.84. The molecule has 1 atom stereocenters. The van der Waals surface area contributed by atoms with Crippen molar-refractivity contribution in [2.45, 2.75) is 12.5 Å². The van der Waals surface area contributed by atoms with Gasteiger partial charge in [0.05, 0.1) is 6.21 Å². The van der Waals surface area contributed by atoms with Crippen molar-refractivity contribution >= 4 is 28.9 Å². The van der Waals surface area contributed by atoms with E-state index in [0.29, 0.717) is 12.0 Å². The zero-order valence-corrected chi connectivity index (χ0v) is 16.7. The van der Waals surface area contributed by atoms with E-state index in [4.69, 9.17) is 0 Å². The Morgan fingerprint density at radius 2 is 1.84 bits per heavy atom. The molecule has 7 nitrogen and oxygen atoms in total. The average Bonchev–Trinajstić information content (AvgIpc) is 3.22. The first-order valence-electron chi connectivity index (χ1n) is 9.84. The van der Waals surface area contributed by atoms with Crippen LogP contribution in [0, 0.1) is 0 Å². The Balaban J connectivity index is 1.53. The number of aromatic nitrogens is 2. The quantitative estimate of drug-likeness (QED) is 0.322. The van der Waals surface area contributed by atoms with Gasteiger partial charge in [-0.05, 0) is 29.8 Å². The minimum atomic E-state index is -0.807. The minimum absolute atomic E-state index is 0.316. The monoisotopic (exact) mass is 411 g/mol. The Kier molecular flexibility index (Phi) is 6.13. The molecule has 31 heavy (non-hydrogen) atoms. The lowest BCUT2D eigenvalue weighted by Crippen LogP contribution is -2.46. The predicted molar refractivity (Wildman–Crippen MR) is 120 cm³/mol. The maximum absolute atomic E-state index is 12.9. The number of nitrogens with zero attached hydrogens (tertiary/aromatic N) is 2. The van der Waals surface area contributed by atoms with Crippen LogP contribution in [0.2, 0.25) is 0 Å². The second-order valence-corrected chi connectivity index (χ2v) is 6.98. The maximum Gasteiger partial charge on any atom is 0.262 e. The molecule has 0 saturated carbocycles. The van der Waals surface area contributed by atoms with Crippen molar-refractivity contribution in [2.75, 3.05) is 0 Å². The summed E-state index contributed by atoms with van der Waals surface area (Å²) in [6.45, 7) is 0. The summed E-state index contributed by atoms with van der Waals surface area (Å²) in [6.07, 6.45) is 6.98. The van der Waals surface area contributed by atoms with E-state index < -0.39 is 11.9 Å². The molecule has 2 heterocycles. The normalized spacial score (nSPS) is 12.0. The molecule has 4 rings (SSSR count). The summed E-state index contributed by atoms with van der Waals surface area (Å²) in [4.78, 5) is 32.8. The lowest BCUT2D eigenvalue weighted by molar-refractivity contribution is -0.122. The third kappa shape index (κ3) is 5.02. The molecule has 0 spiro atoms. The van der Waals surface area contributed by atoms with Crippen LogP contribution in [0.5, 0.6) is 0 Å². The average molecular weight is 411 g/mol. The van der Waals surface area contributed by atoms with E-state index in [1.54, 1.807) is 42.7 Å². The van der Waals surface area contributed by atoms with E-state index in [1.807, 2.05) is 42.6 Å². The molecule has 2 amide bonds. The molecule has 0 saturated heterocycles. The third-order valence-electron chi connectivity index (χ3n) is 4.83. The van der Waals surface area contributed by atoms with Crippen molar-refractivity contribution in [3.8, 4) is 0 Å². The molecule has 0 aliphatic heterocycles. The van der Waals surface area contributed by atoms with Crippen LogP contribution >= 0.6 is 0 Å². The van der Waals surface area contributed by atoms with Gasteiger partial charge in [-0.15, -0.1) is 0 Å². The molecule has 2 aromatic heterocycles. The number of hydrogen-bond acceptors (Lipinski definition) is 4. The fourth-order valence-electron chi connectivity index (χ4n) is 3.26. The summed E-state index contributed by atoms with van der Waals surface area (Å²) in [5.74, 6) is -0.730. The highest BCUT2D eigenvalue weighted by atomic mass is 16.2. The number of carbonyl (C=O) groups is 2. The van der Waals surface area contributed by atoms with Crippen molar-refractivity contribution in [1.29, 1.82) is 0 Å². The van der Waals surface area contributed by atoms with E-state index in [2.05, 4.69) is 25.8 Å². The van der Waals surface area contributed by atoms with E-state index in [-0.39, 0.29) is 5.91 Å². The van der Waals surface area contributed by atoms with Crippen LogP contribution in [-0.4, -0.2) is 34.0 Å². The summed E-state index contributed by atoms with van der Waals surface area (Å²) in [7, 11) is 0. The molecule has 154 valence electrons. The van der Waals surface area contributed by atoms with Crippen LogP contribution in [0.4, 0.5) is 0 Å². The number of rotatable bonds is 7. The summed E-state index contributed by atoms with van der Waals surface area (Å²) in [5, 5.41) is 7.85. The van der Waals surface area contributed by atoms with Crippen molar-refractivity contribution < 1.29 is 9.59 Å². The topological polar surface area (TPSA) is 99.2 Å². The number of hydrazone groups is 1. The number of fused-ring (bicyclic) bond motifs is 1. The standard InChI is InChI=1S/C24H21N5O2/c30-23(18-8-2-1-3-9-18)28-22(13-19-16-26-21-11-5-4-10-20(19)21)24(31)29-27-15-17-7-6-12-25-14-17/h1-12,14-16,22,26H,13H2,(H,28,30)(H,29,31)/b27-15+. The molecule has 0 aliphatic carbocycles. The number of hydrogen-bond donors (Lipinski definition) is 3.